The number of rotatable bonds is 4. The molecular formula is C22H23N3O4. The van der Waals surface area contributed by atoms with Crippen LogP contribution in [0, 0.1) is 6.92 Å². The first-order valence-electron chi connectivity index (χ1n) is 9.70. The summed E-state index contributed by atoms with van der Waals surface area (Å²) in [5.41, 5.74) is 3.37. The highest BCUT2D eigenvalue weighted by Crippen LogP contribution is 2.40. The normalized spacial score (nSPS) is 13.0. The Morgan fingerprint density at radius 2 is 1.93 bits per heavy atom. The Morgan fingerprint density at radius 3 is 2.66 bits per heavy atom. The monoisotopic (exact) mass is 393 g/mol. The predicted molar refractivity (Wildman–Crippen MR) is 109 cm³/mol. The van der Waals surface area contributed by atoms with Crippen molar-refractivity contribution in [1.29, 1.82) is 0 Å². The van der Waals surface area contributed by atoms with Gasteiger partial charge < -0.3 is 9.84 Å². The molecule has 3 aromatic rings. The molecule has 0 saturated carbocycles. The maximum atomic E-state index is 12.3. The van der Waals surface area contributed by atoms with Crippen molar-refractivity contribution >= 4 is 0 Å². The molecule has 29 heavy (non-hydrogen) atoms. The number of benzene rings is 2. The Kier molecular flexibility index (Phi) is 4.74. The molecule has 150 valence electrons. The Bertz CT molecular complexity index is 1210. The van der Waals surface area contributed by atoms with E-state index in [1.807, 2.05) is 32.9 Å². The van der Waals surface area contributed by atoms with Crippen molar-refractivity contribution in [3.8, 4) is 22.9 Å². The summed E-state index contributed by atoms with van der Waals surface area (Å²) >= 11 is 0. The van der Waals surface area contributed by atoms with Gasteiger partial charge in [-0.05, 0) is 67.5 Å². The van der Waals surface area contributed by atoms with E-state index in [4.69, 9.17) is 4.74 Å². The molecule has 2 N–H and O–H groups in total. The lowest BCUT2D eigenvalue weighted by Gasteiger charge is -2.18. The molecule has 0 amide bonds. The van der Waals surface area contributed by atoms with E-state index in [-0.39, 0.29) is 11.7 Å². The van der Waals surface area contributed by atoms with E-state index in [1.54, 1.807) is 12.1 Å². The molecule has 1 aromatic heterocycles. The molecule has 7 heteroatoms. The second-order valence-corrected chi connectivity index (χ2v) is 7.68. The number of ether oxygens (including phenoxy) is 1. The summed E-state index contributed by atoms with van der Waals surface area (Å²) in [6.45, 7) is 5.97. The van der Waals surface area contributed by atoms with Crippen LogP contribution in [-0.2, 0) is 12.8 Å². The van der Waals surface area contributed by atoms with E-state index >= 15 is 0 Å². The number of fused-ring (bicyclic) bond motifs is 1. The maximum Gasteiger partial charge on any atom is 0.349 e. The van der Waals surface area contributed by atoms with E-state index in [2.05, 4.69) is 10.1 Å². The fraction of sp³-hybridized carbons (Fsp3) is 0.318. The van der Waals surface area contributed by atoms with Gasteiger partial charge in [0.05, 0.1) is 5.69 Å². The Labute approximate surface area is 167 Å². The number of aromatic nitrogens is 3. The van der Waals surface area contributed by atoms with Gasteiger partial charge in [0.1, 0.15) is 23.4 Å². The molecule has 0 bridgehead atoms. The van der Waals surface area contributed by atoms with Crippen LogP contribution in [0.1, 0.15) is 48.4 Å². The number of H-pyrrole nitrogens is 1. The number of aromatic hydroxyl groups is 1. The highest BCUT2D eigenvalue weighted by Gasteiger charge is 2.24. The zero-order chi connectivity index (χ0) is 20.7. The molecule has 2 aromatic carbocycles. The minimum Gasteiger partial charge on any atom is -0.508 e. The van der Waals surface area contributed by atoms with E-state index in [0.717, 1.165) is 53.5 Å². The zero-order valence-corrected chi connectivity index (χ0v) is 16.7. The summed E-state index contributed by atoms with van der Waals surface area (Å²) in [4.78, 5) is 25.9. The number of hydrogen-bond donors (Lipinski definition) is 2. The largest absolute Gasteiger partial charge is 0.508 e. The molecule has 0 unspecified atom stereocenters. The third kappa shape index (κ3) is 3.44. The van der Waals surface area contributed by atoms with Crippen LogP contribution in [0.3, 0.4) is 0 Å². The second kappa shape index (κ2) is 7.24. The molecule has 1 aliphatic rings. The lowest BCUT2D eigenvalue weighted by molar-refractivity contribution is 0.452. The van der Waals surface area contributed by atoms with E-state index in [0.29, 0.717) is 11.4 Å². The second-order valence-electron chi connectivity index (χ2n) is 7.68. The Balaban J connectivity index is 1.81. The van der Waals surface area contributed by atoms with Crippen LogP contribution in [0.15, 0.2) is 40.1 Å². The summed E-state index contributed by atoms with van der Waals surface area (Å²) in [6.07, 6.45) is 3.70. The maximum absolute atomic E-state index is 12.3. The van der Waals surface area contributed by atoms with Gasteiger partial charge in [-0.25, -0.2) is 4.79 Å². The van der Waals surface area contributed by atoms with Gasteiger partial charge in [-0.3, -0.25) is 9.78 Å². The number of nitrogens with zero attached hydrogens (tertiary/aromatic N) is 2. The Morgan fingerprint density at radius 1 is 1.17 bits per heavy atom. The molecule has 0 saturated heterocycles. The highest BCUT2D eigenvalue weighted by molar-refractivity contribution is 5.59. The SMILES string of the molecule is Cc1cc(-n2ncc(=O)[nH]c2=O)c2c(c1Oc1ccc(O)c(C(C)C)c1)CCC2. The third-order valence-electron chi connectivity index (χ3n) is 5.29. The molecule has 7 nitrogen and oxygen atoms in total. The lowest BCUT2D eigenvalue weighted by atomic mass is 10.0. The summed E-state index contributed by atoms with van der Waals surface area (Å²) in [6, 6.07) is 7.14. The lowest BCUT2D eigenvalue weighted by Crippen LogP contribution is -2.31. The van der Waals surface area contributed by atoms with Gasteiger partial charge in [-0.1, -0.05) is 13.8 Å². The van der Waals surface area contributed by atoms with Crippen LogP contribution >= 0.6 is 0 Å². The number of aromatic amines is 1. The zero-order valence-electron chi connectivity index (χ0n) is 16.7. The summed E-state index contributed by atoms with van der Waals surface area (Å²) in [5, 5.41) is 14.1. The average Bonchev–Trinajstić information content (AvgIpc) is 3.15. The molecule has 1 heterocycles. The molecule has 0 radical (unpaired) electrons. The standard InChI is InChI=1S/C22H23N3O4/c1-12(2)17-10-14(7-8-19(17)26)29-21-13(3)9-18(15-5-4-6-16(15)21)25-22(28)24-20(27)11-23-25/h7-12,26H,4-6H2,1-3H3,(H,24,27,28). The van der Waals surface area contributed by atoms with Crippen molar-refractivity contribution in [3.63, 3.8) is 0 Å². The van der Waals surface area contributed by atoms with Gasteiger partial charge in [-0.15, -0.1) is 0 Å². The molecule has 1 aliphatic carbocycles. The number of phenolic OH excluding ortho intramolecular Hbond substituents is 1. The first kappa shape index (κ1) is 19.0. The van der Waals surface area contributed by atoms with Crippen molar-refractivity contribution in [1.82, 2.24) is 14.8 Å². The first-order valence-corrected chi connectivity index (χ1v) is 9.70. The van der Waals surface area contributed by atoms with Crippen molar-refractivity contribution in [2.75, 3.05) is 0 Å². The van der Waals surface area contributed by atoms with Crippen LogP contribution in [0.25, 0.3) is 5.69 Å². The minimum absolute atomic E-state index is 0.172. The average molecular weight is 393 g/mol. The van der Waals surface area contributed by atoms with E-state index < -0.39 is 11.2 Å². The highest BCUT2D eigenvalue weighted by atomic mass is 16.5. The van der Waals surface area contributed by atoms with Crippen LogP contribution in [0.2, 0.25) is 0 Å². The van der Waals surface area contributed by atoms with E-state index in [9.17, 15) is 14.7 Å². The quantitative estimate of drug-likeness (QED) is 0.709. The summed E-state index contributed by atoms with van der Waals surface area (Å²) in [7, 11) is 0. The molecular weight excluding hydrogens is 370 g/mol. The number of aryl methyl sites for hydroxylation is 1. The van der Waals surface area contributed by atoms with Crippen LogP contribution < -0.4 is 16.0 Å². The van der Waals surface area contributed by atoms with Gasteiger partial charge in [0.25, 0.3) is 5.56 Å². The van der Waals surface area contributed by atoms with Crippen molar-refractivity contribution in [3.05, 3.63) is 73.6 Å². The summed E-state index contributed by atoms with van der Waals surface area (Å²) in [5.74, 6) is 1.87. The molecule has 0 aliphatic heterocycles. The van der Waals surface area contributed by atoms with Gasteiger partial charge in [0.2, 0.25) is 0 Å². The molecule has 0 fully saturated rings. The first-order chi connectivity index (χ1) is 13.8. The smallest absolute Gasteiger partial charge is 0.349 e. The van der Waals surface area contributed by atoms with Crippen molar-refractivity contribution in [2.45, 2.75) is 46.0 Å². The van der Waals surface area contributed by atoms with Gasteiger partial charge >= 0.3 is 5.69 Å². The topological polar surface area (TPSA) is 97.2 Å². The third-order valence-corrected chi connectivity index (χ3v) is 5.29. The molecule has 0 spiro atoms. The number of phenols is 1. The van der Waals surface area contributed by atoms with Gasteiger partial charge in [0.15, 0.2) is 0 Å². The van der Waals surface area contributed by atoms with E-state index in [1.165, 1.54) is 4.68 Å². The predicted octanol–water partition coefficient (Wildman–Crippen LogP) is 3.34. The fourth-order valence-electron chi connectivity index (χ4n) is 3.90. The minimum atomic E-state index is -0.556. The van der Waals surface area contributed by atoms with Crippen LogP contribution in [0.4, 0.5) is 0 Å². The molecule has 0 atom stereocenters. The van der Waals surface area contributed by atoms with Crippen molar-refractivity contribution < 1.29 is 9.84 Å². The van der Waals surface area contributed by atoms with Crippen LogP contribution in [-0.4, -0.2) is 19.9 Å². The van der Waals surface area contributed by atoms with Gasteiger partial charge in [0, 0.05) is 11.1 Å². The Hall–Kier alpha value is -3.35. The van der Waals surface area contributed by atoms with Gasteiger partial charge in [-0.2, -0.15) is 9.78 Å². The summed E-state index contributed by atoms with van der Waals surface area (Å²) < 4.78 is 7.50. The van der Waals surface area contributed by atoms with Crippen molar-refractivity contribution in [2.24, 2.45) is 0 Å². The number of hydrogen-bond acceptors (Lipinski definition) is 5. The van der Waals surface area contributed by atoms with Crippen LogP contribution in [0.5, 0.6) is 17.2 Å². The molecule has 4 rings (SSSR count). The fourth-order valence-corrected chi connectivity index (χ4v) is 3.90. The number of nitrogens with one attached hydrogen (secondary N) is 1.